The van der Waals surface area contributed by atoms with E-state index in [0.29, 0.717) is 6.54 Å². The molecule has 9 heteroatoms. The number of rotatable bonds is 7. The molecule has 1 heterocycles. The fraction of sp³-hybridized carbons (Fsp3) is 0.909. The third-order valence-corrected chi connectivity index (χ3v) is 5.48. The van der Waals surface area contributed by atoms with Crippen molar-refractivity contribution in [3.05, 3.63) is 0 Å². The maximum Gasteiger partial charge on any atom is 0.345 e. The van der Waals surface area contributed by atoms with Crippen molar-refractivity contribution in [2.24, 2.45) is 5.73 Å². The van der Waals surface area contributed by atoms with Gasteiger partial charge in [-0.1, -0.05) is 0 Å². The van der Waals surface area contributed by atoms with E-state index >= 15 is 0 Å². The number of carbonyl (C=O) groups is 1. The van der Waals surface area contributed by atoms with Gasteiger partial charge in [0.1, 0.15) is 0 Å². The Morgan fingerprint density at radius 1 is 1.45 bits per heavy atom. The van der Waals surface area contributed by atoms with Crippen LogP contribution in [-0.2, 0) is 18.6 Å². The quantitative estimate of drug-likeness (QED) is 0.610. The normalized spacial score (nSPS) is 26.7. The lowest BCUT2D eigenvalue weighted by Gasteiger charge is -2.34. The lowest BCUT2D eigenvalue weighted by atomic mass is 10.3. The Balaban J connectivity index is 2.62. The van der Waals surface area contributed by atoms with Gasteiger partial charge in [0.05, 0.1) is 25.4 Å². The van der Waals surface area contributed by atoms with Crippen molar-refractivity contribution in [2.75, 3.05) is 47.4 Å². The summed E-state index contributed by atoms with van der Waals surface area (Å²) in [5.41, 5.74) is 5.14. The van der Waals surface area contributed by atoms with Crippen LogP contribution in [0.2, 0.25) is 0 Å². The monoisotopic (exact) mass is 308 g/mol. The van der Waals surface area contributed by atoms with Crippen molar-refractivity contribution in [3.63, 3.8) is 0 Å². The maximum absolute atomic E-state index is 12.8. The molecule has 3 atom stereocenters. The van der Waals surface area contributed by atoms with Gasteiger partial charge >= 0.3 is 7.67 Å². The Morgan fingerprint density at radius 2 is 2.10 bits per heavy atom. The first kappa shape index (κ1) is 17.6. The Labute approximate surface area is 120 Å². The molecule has 1 rings (SSSR count). The fourth-order valence-electron chi connectivity index (χ4n) is 1.99. The summed E-state index contributed by atoms with van der Waals surface area (Å²) in [7, 11) is 1.56. The molecule has 0 bridgehead atoms. The zero-order valence-electron chi connectivity index (χ0n) is 12.5. The summed E-state index contributed by atoms with van der Waals surface area (Å²) in [6.07, 6.45) is -0.0616. The zero-order valence-corrected chi connectivity index (χ0v) is 13.4. The van der Waals surface area contributed by atoms with Crippen molar-refractivity contribution in [2.45, 2.75) is 19.1 Å². The lowest BCUT2D eigenvalue weighted by Crippen LogP contribution is -2.45. The number of nitrogens with one attached hydrogen (secondary N) is 1. The largest absolute Gasteiger partial charge is 0.370 e. The SMILES string of the molecule is CC1CNCC(COP(=O)(N(C)C)N(C)CC(N)=O)O1. The molecule has 1 amide bonds. The van der Waals surface area contributed by atoms with Crippen molar-refractivity contribution in [1.82, 2.24) is 14.7 Å². The minimum Gasteiger partial charge on any atom is -0.370 e. The summed E-state index contributed by atoms with van der Waals surface area (Å²) < 4.78 is 26.9. The molecule has 1 aliphatic rings. The van der Waals surface area contributed by atoms with E-state index in [4.69, 9.17) is 15.0 Å². The van der Waals surface area contributed by atoms with E-state index in [0.717, 1.165) is 6.54 Å². The standard InChI is InChI=1S/C11H25N4O4P/c1-9-5-13-6-10(19-9)8-18-20(17,14(2)3)15(4)7-11(12)16/h9-10,13H,5-8H2,1-4H3,(H2,12,16). The fourth-order valence-corrected chi connectivity index (χ4v) is 3.70. The van der Waals surface area contributed by atoms with Gasteiger partial charge in [-0.2, -0.15) is 0 Å². The Bertz CT molecular complexity index is 379. The molecule has 1 aliphatic heterocycles. The molecule has 0 radical (unpaired) electrons. The third-order valence-electron chi connectivity index (χ3n) is 2.98. The summed E-state index contributed by atoms with van der Waals surface area (Å²) in [5, 5.41) is 3.22. The van der Waals surface area contributed by atoms with Gasteiger partial charge in [-0.25, -0.2) is 9.34 Å². The molecule has 3 N–H and O–H groups in total. The Hall–Kier alpha value is -0.500. The Morgan fingerprint density at radius 3 is 2.60 bits per heavy atom. The second kappa shape index (κ2) is 7.49. The van der Waals surface area contributed by atoms with Crippen LogP contribution in [0.1, 0.15) is 6.92 Å². The first-order valence-corrected chi connectivity index (χ1v) is 8.07. The molecular formula is C11H25N4O4P. The van der Waals surface area contributed by atoms with Crippen molar-refractivity contribution >= 4 is 13.6 Å². The van der Waals surface area contributed by atoms with Gasteiger partial charge < -0.3 is 20.3 Å². The van der Waals surface area contributed by atoms with Gasteiger partial charge in [0.25, 0.3) is 0 Å². The summed E-state index contributed by atoms with van der Waals surface area (Å²) in [6.45, 7) is 3.47. The topological polar surface area (TPSA) is 97.1 Å². The average Bonchev–Trinajstić information content (AvgIpc) is 2.34. The number of morpholine rings is 1. The molecule has 0 aliphatic carbocycles. The number of ether oxygens (including phenoxy) is 1. The minimum atomic E-state index is -3.26. The van der Waals surface area contributed by atoms with E-state index in [1.807, 2.05) is 6.92 Å². The van der Waals surface area contributed by atoms with Crippen LogP contribution in [0.15, 0.2) is 0 Å². The molecular weight excluding hydrogens is 283 g/mol. The molecule has 0 aromatic rings. The van der Waals surface area contributed by atoms with Crippen LogP contribution in [0.25, 0.3) is 0 Å². The number of hydrogen-bond acceptors (Lipinski definition) is 5. The molecule has 1 fully saturated rings. The highest BCUT2D eigenvalue weighted by molar-refractivity contribution is 7.53. The third kappa shape index (κ3) is 4.80. The second-order valence-electron chi connectivity index (χ2n) is 5.14. The highest BCUT2D eigenvalue weighted by Crippen LogP contribution is 2.51. The van der Waals surface area contributed by atoms with E-state index in [1.165, 1.54) is 9.34 Å². The predicted molar refractivity (Wildman–Crippen MR) is 76.3 cm³/mol. The summed E-state index contributed by atoms with van der Waals surface area (Å²) in [6, 6.07) is 0. The van der Waals surface area contributed by atoms with E-state index in [2.05, 4.69) is 5.32 Å². The summed E-state index contributed by atoms with van der Waals surface area (Å²) >= 11 is 0. The zero-order chi connectivity index (χ0) is 15.3. The molecule has 3 unspecified atom stereocenters. The molecule has 0 saturated carbocycles. The van der Waals surface area contributed by atoms with Gasteiger partial charge in [-0.15, -0.1) is 0 Å². The van der Waals surface area contributed by atoms with Crippen LogP contribution < -0.4 is 11.1 Å². The predicted octanol–water partition coefficient (Wildman–Crippen LogP) is -0.533. The molecule has 0 aromatic carbocycles. The minimum absolute atomic E-state index is 0.0967. The van der Waals surface area contributed by atoms with Crippen LogP contribution in [-0.4, -0.2) is 74.8 Å². The molecule has 118 valence electrons. The van der Waals surface area contributed by atoms with Crippen molar-refractivity contribution in [3.8, 4) is 0 Å². The van der Waals surface area contributed by atoms with Crippen LogP contribution in [0.3, 0.4) is 0 Å². The number of likely N-dealkylation sites (N-methyl/N-ethyl adjacent to an activating group) is 1. The molecule has 1 saturated heterocycles. The van der Waals surface area contributed by atoms with E-state index < -0.39 is 13.6 Å². The number of hydrogen-bond donors (Lipinski definition) is 2. The molecule has 20 heavy (non-hydrogen) atoms. The van der Waals surface area contributed by atoms with Crippen LogP contribution in [0.4, 0.5) is 0 Å². The van der Waals surface area contributed by atoms with Crippen LogP contribution in [0.5, 0.6) is 0 Å². The van der Waals surface area contributed by atoms with E-state index in [-0.39, 0.29) is 25.4 Å². The van der Waals surface area contributed by atoms with Gasteiger partial charge in [0, 0.05) is 13.1 Å². The number of amides is 1. The molecule has 0 spiro atoms. The highest BCUT2D eigenvalue weighted by Gasteiger charge is 2.34. The van der Waals surface area contributed by atoms with Gasteiger partial charge in [0.2, 0.25) is 5.91 Å². The van der Waals surface area contributed by atoms with Crippen LogP contribution >= 0.6 is 7.67 Å². The molecule has 0 aromatic heterocycles. The van der Waals surface area contributed by atoms with Gasteiger partial charge in [-0.3, -0.25) is 9.36 Å². The maximum atomic E-state index is 12.8. The van der Waals surface area contributed by atoms with E-state index in [9.17, 15) is 9.36 Å². The first-order chi connectivity index (χ1) is 9.25. The summed E-state index contributed by atoms with van der Waals surface area (Å²) in [4.78, 5) is 11.0. The smallest absolute Gasteiger partial charge is 0.345 e. The second-order valence-corrected chi connectivity index (χ2v) is 7.86. The van der Waals surface area contributed by atoms with Crippen molar-refractivity contribution in [1.29, 1.82) is 0 Å². The lowest BCUT2D eigenvalue weighted by molar-refractivity contribution is -0.118. The first-order valence-electron chi connectivity index (χ1n) is 6.54. The van der Waals surface area contributed by atoms with Crippen LogP contribution in [0, 0.1) is 0 Å². The van der Waals surface area contributed by atoms with Crippen molar-refractivity contribution < 1.29 is 18.6 Å². The number of nitrogens with two attached hydrogens (primary N) is 1. The highest BCUT2D eigenvalue weighted by atomic mass is 31.2. The summed E-state index contributed by atoms with van der Waals surface area (Å²) in [5.74, 6) is -0.553. The Kier molecular flexibility index (Phi) is 6.57. The van der Waals surface area contributed by atoms with Gasteiger partial charge in [0.15, 0.2) is 0 Å². The number of nitrogens with zero attached hydrogens (tertiary/aromatic N) is 2. The number of primary amides is 1. The average molecular weight is 308 g/mol. The van der Waals surface area contributed by atoms with Gasteiger partial charge in [-0.05, 0) is 28.1 Å². The van der Waals surface area contributed by atoms with E-state index in [1.54, 1.807) is 21.1 Å². The number of carbonyl (C=O) groups excluding carboxylic acids is 1. The molecule has 8 nitrogen and oxygen atoms in total.